The van der Waals surface area contributed by atoms with Crippen molar-refractivity contribution in [2.24, 2.45) is 0 Å². The molecule has 0 aliphatic carbocycles. The number of hydrogen-bond donors (Lipinski definition) is 2. The zero-order chi connectivity index (χ0) is 19.8. The Morgan fingerprint density at radius 2 is 1.93 bits per heavy atom. The molecule has 0 amide bonds. The van der Waals surface area contributed by atoms with Gasteiger partial charge in [0, 0.05) is 30.6 Å². The maximum absolute atomic E-state index is 13.4. The van der Waals surface area contributed by atoms with E-state index in [1.54, 1.807) is 6.07 Å². The molecule has 148 valence electrons. The number of aliphatic hydroxyl groups excluding tert-OH is 1. The number of nitrogens with one attached hydrogen (secondary N) is 1. The number of anilines is 1. The fourth-order valence-corrected chi connectivity index (χ4v) is 3.32. The van der Waals surface area contributed by atoms with Gasteiger partial charge < -0.3 is 10.4 Å². The molecule has 0 aliphatic heterocycles. The van der Waals surface area contributed by atoms with Gasteiger partial charge in [-0.2, -0.15) is 0 Å². The molecule has 0 bridgehead atoms. The lowest BCUT2D eigenvalue weighted by Crippen LogP contribution is -2.28. The zero-order valence-electron chi connectivity index (χ0n) is 16.2. The normalized spacial score (nSPS) is 12.4. The van der Waals surface area contributed by atoms with E-state index < -0.39 is 0 Å². The van der Waals surface area contributed by atoms with Crippen molar-refractivity contribution >= 4 is 16.7 Å². The predicted molar refractivity (Wildman–Crippen MR) is 111 cm³/mol. The molecule has 1 atom stereocenters. The predicted octanol–water partition coefficient (Wildman–Crippen LogP) is 3.84. The molecule has 0 fully saturated rings. The van der Waals surface area contributed by atoms with Crippen molar-refractivity contribution < 1.29 is 9.50 Å². The van der Waals surface area contributed by atoms with Crippen LogP contribution in [0, 0.1) is 5.82 Å². The summed E-state index contributed by atoms with van der Waals surface area (Å²) < 4.78 is 13.4. The Balaban J connectivity index is 1.53. The molecular weight excluding hydrogens is 355 g/mol. The summed E-state index contributed by atoms with van der Waals surface area (Å²) in [5.74, 6) is 0.432. The molecule has 5 nitrogen and oxygen atoms in total. The van der Waals surface area contributed by atoms with Crippen LogP contribution < -0.4 is 5.32 Å². The molecule has 3 aromatic rings. The van der Waals surface area contributed by atoms with Crippen molar-refractivity contribution in [1.82, 2.24) is 14.9 Å². The van der Waals surface area contributed by atoms with Crippen molar-refractivity contribution in [2.75, 3.05) is 25.0 Å². The number of hydrogen-bond acceptors (Lipinski definition) is 5. The van der Waals surface area contributed by atoms with Crippen LogP contribution in [0.5, 0.6) is 0 Å². The van der Waals surface area contributed by atoms with E-state index in [4.69, 9.17) is 0 Å². The molecule has 2 N–H and O–H groups in total. The Labute approximate surface area is 165 Å². The standard InChI is InChI=1S/C22H27FN4O/c1-17(26-22-20-10-9-19(23)14-21(20)24-16-25-22)6-5-11-27(12-13-28)15-18-7-3-2-4-8-18/h2-4,7-10,14,16-17,28H,5-6,11-13,15H2,1H3,(H,24,25,26). The number of nitrogens with zero attached hydrogens (tertiary/aromatic N) is 3. The summed E-state index contributed by atoms with van der Waals surface area (Å²) in [6.45, 7) is 4.69. The Morgan fingerprint density at radius 1 is 1.11 bits per heavy atom. The molecule has 0 saturated carbocycles. The highest BCUT2D eigenvalue weighted by atomic mass is 19.1. The molecule has 28 heavy (non-hydrogen) atoms. The number of aliphatic hydroxyl groups is 1. The molecular formula is C22H27FN4O. The first-order valence-electron chi connectivity index (χ1n) is 9.69. The lowest BCUT2D eigenvalue weighted by atomic mass is 10.1. The second-order valence-corrected chi connectivity index (χ2v) is 7.06. The van der Waals surface area contributed by atoms with Gasteiger partial charge in [-0.1, -0.05) is 30.3 Å². The summed E-state index contributed by atoms with van der Waals surface area (Å²) in [7, 11) is 0. The van der Waals surface area contributed by atoms with Crippen molar-refractivity contribution in [1.29, 1.82) is 0 Å². The summed E-state index contributed by atoms with van der Waals surface area (Å²) in [6.07, 6.45) is 3.42. The molecule has 1 heterocycles. The summed E-state index contributed by atoms with van der Waals surface area (Å²) in [5, 5.41) is 13.6. The SMILES string of the molecule is CC(CCCN(CCO)Cc1ccccc1)Nc1ncnc2cc(F)ccc12. The van der Waals surface area contributed by atoms with Crippen LogP contribution in [0.3, 0.4) is 0 Å². The monoisotopic (exact) mass is 382 g/mol. The van der Waals surface area contributed by atoms with Crippen LogP contribution in [0.4, 0.5) is 10.2 Å². The summed E-state index contributed by atoms with van der Waals surface area (Å²) in [4.78, 5) is 10.7. The van der Waals surface area contributed by atoms with Gasteiger partial charge in [-0.3, -0.25) is 4.90 Å². The molecule has 1 aromatic heterocycles. The quantitative estimate of drug-likeness (QED) is 0.558. The minimum absolute atomic E-state index is 0.157. The first-order chi connectivity index (χ1) is 13.7. The van der Waals surface area contributed by atoms with Gasteiger partial charge in [0.25, 0.3) is 0 Å². The summed E-state index contributed by atoms with van der Waals surface area (Å²) in [5.41, 5.74) is 1.85. The molecule has 0 saturated heterocycles. The smallest absolute Gasteiger partial charge is 0.137 e. The van der Waals surface area contributed by atoms with E-state index in [0.29, 0.717) is 12.1 Å². The highest BCUT2D eigenvalue weighted by Gasteiger charge is 2.10. The Hall–Kier alpha value is -2.57. The van der Waals surface area contributed by atoms with Crippen molar-refractivity contribution in [2.45, 2.75) is 32.4 Å². The van der Waals surface area contributed by atoms with E-state index in [0.717, 1.165) is 37.1 Å². The maximum Gasteiger partial charge on any atom is 0.137 e. The van der Waals surface area contributed by atoms with Crippen LogP contribution in [-0.4, -0.2) is 45.7 Å². The first-order valence-corrected chi connectivity index (χ1v) is 9.69. The average molecular weight is 382 g/mol. The second kappa shape index (κ2) is 10.1. The number of rotatable bonds is 10. The van der Waals surface area contributed by atoms with Crippen molar-refractivity contribution in [3.63, 3.8) is 0 Å². The van der Waals surface area contributed by atoms with Gasteiger partial charge in [0.05, 0.1) is 12.1 Å². The fraction of sp³-hybridized carbons (Fsp3) is 0.364. The Kier molecular flexibility index (Phi) is 7.28. The third kappa shape index (κ3) is 5.71. The van der Waals surface area contributed by atoms with Gasteiger partial charge in [0.2, 0.25) is 0 Å². The molecule has 3 rings (SSSR count). The fourth-order valence-electron chi connectivity index (χ4n) is 3.32. The number of aromatic nitrogens is 2. The molecule has 0 radical (unpaired) electrons. The van der Waals surface area contributed by atoms with Gasteiger partial charge in [-0.05, 0) is 44.0 Å². The van der Waals surface area contributed by atoms with E-state index in [9.17, 15) is 9.50 Å². The maximum atomic E-state index is 13.4. The van der Waals surface area contributed by atoms with Gasteiger partial charge in [-0.25, -0.2) is 14.4 Å². The van der Waals surface area contributed by atoms with Gasteiger partial charge in [0.15, 0.2) is 0 Å². The number of halogens is 1. The van der Waals surface area contributed by atoms with Crippen LogP contribution in [0.25, 0.3) is 10.9 Å². The van der Waals surface area contributed by atoms with Gasteiger partial charge >= 0.3 is 0 Å². The molecule has 0 spiro atoms. The Morgan fingerprint density at radius 3 is 2.71 bits per heavy atom. The molecule has 1 unspecified atom stereocenters. The van der Waals surface area contributed by atoms with Crippen LogP contribution in [0.1, 0.15) is 25.3 Å². The van der Waals surface area contributed by atoms with Crippen molar-refractivity contribution in [3.05, 3.63) is 66.2 Å². The minimum atomic E-state index is -0.299. The summed E-state index contributed by atoms with van der Waals surface area (Å²) >= 11 is 0. The van der Waals surface area contributed by atoms with E-state index in [1.165, 1.54) is 24.0 Å². The second-order valence-electron chi connectivity index (χ2n) is 7.06. The highest BCUT2D eigenvalue weighted by molar-refractivity contribution is 5.88. The van der Waals surface area contributed by atoms with E-state index in [1.807, 2.05) is 18.2 Å². The third-order valence-corrected chi connectivity index (χ3v) is 4.76. The molecule has 6 heteroatoms. The first kappa shape index (κ1) is 20.2. The van der Waals surface area contributed by atoms with Crippen LogP contribution in [0.15, 0.2) is 54.9 Å². The molecule has 2 aromatic carbocycles. The van der Waals surface area contributed by atoms with Crippen LogP contribution >= 0.6 is 0 Å². The lowest BCUT2D eigenvalue weighted by molar-refractivity contribution is 0.187. The van der Waals surface area contributed by atoms with E-state index in [2.05, 4.69) is 39.2 Å². The zero-order valence-corrected chi connectivity index (χ0v) is 16.2. The molecule has 0 aliphatic rings. The third-order valence-electron chi connectivity index (χ3n) is 4.76. The number of benzene rings is 2. The van der Waals surface area contributed by atoms with Crippen LogP contribution in [0.2, 0.25) is 0 Å². The number of fused-ring (bicyclic) bond motifs is 1. The minimum Gasteiger partial charge on any atom is -0.395 e. The van der Waals surface area contributed by atoms with Crippen molar-refractivity contribution in [3.8, 4) is 0 Å². The topological polar surface area (TPSA) is 61.3 Å². The largest absolute Gasteiger partial charge is 0.395 e. The highest BCUT2D eigenvalue weighted by Crippen LogP contribution is 2.21. The summed E-state index contributed by atoms with van der Waals surface area (Å²) in [6, 6.07) is 15.1. The average Bonchev–Trinajstić information content (AvgIpc) is 2.69. The van der Waals surface area contributed by atoms with E-state index >= 15 is 0 Å². The Bertz CT molecular complexity index is 875. The van der Waals surface area contributed by atoms with Crippen LogP contribution in [-0.2, 0) is 6.54 Å². The van der Waals surface area contributed by atoms with E-state index in [-0.39, 0.29) is 18.5 Å². The van der Waals surface area contributed by atoms with Gasteiger partial charge in [-0.15, -0.1) is 0 Å². The van der Waals surface area contributed by atoms with Gasteiger partial charge in [0.1, 0.15) is 18.0 Å². The lowest BCUT2D eigenvalue weighted by Gasteiger charge is -2.23.